The van der Waals surface area contributed by atoms with E-state index in [1.54, 1.807) is 20.2 Å². The fourth-order valence-electron chi connectivity index (χ4n) is 1.32. The van der Waals surface area contributed by atoms with Crippen molar-refractivity contribution in [3.05, 3.63) is 34.1 Å². The molecule has 1 rings (SSSR count). The van der Waals surface area contributed by atoms with Crippen molar-refractivity contribution >= 4 is 22.0 Å². The third-order valence-corrected chi connectivity index (χ3v) is 3.22. The minimum Gasteiger partial charge on any atom is -0.337 e. The lowest BCUT2D eigenvalue weighted by atomic mass is 10.2. The zero-order valence-corrected chi connectivity index (χ0v) is 12.1. The van der Waals surface area contributed by atoms with E-state index in [1.807, 2.05) is 6.07 Å². The van der Waals surface area contributed by atoms with E-state index in [9.17, 15) is 9.18 Å². The second-order valence-corrected chi connectivity index (χ2v) is 4.81. The quantitative estimate of drug-likeness (QED) is 0.815. The molecule has 0 aliphatic heterocycles. The maximum atomic E-state index is 13.2. The van der Waals surface area contributed by atoms with Crippen molar-refractivity contribution < 1.29 is 9.18 Å². The number of rotatable bonds is 5. The van der Waals surface area contributed by atoms with Crippen LogP contribution in [0.2, 0.25) is 0 Å². The molecule has 100 valence electrons. The van der Waals surface area contributed by atoms with Crippen LogP contribution in [-0.2, 0) is 6.54 Å². The van der Waals surface area contributed by atoms with E-state index >= 15 is 0 Å². The second kappa shape index (κ2) is 7.33. The topological polar surface area (TPSA) is 44.4 Å². The molecule has 0 heterocycles. The Labute approximate surface area is 115 Å². The molecule has 0 aliphatic carbocycles. The van der Waals surface area contributed by atoms with Crippen molar-refractivity contribution in [1.29, 1.82) is 0 Å². The van der Waals surface area contributed by atoms with Crippen molar-refractivity contribution in [3.63, 3.8) is 0 Å². The average molecular weight is 318 g/mol. The predicted octanol–water partition coefficient (Wildman–Crippen LogP) is 1.95. The van der Waals surface area contributed by atoms with Gasteiger partial charge in [0.05, 0.1) is 4.47 Å². The summed E-state index contributed by atoms with van der Waals surface area (Å²) in [6.45, 7) is 1.71. The van der Waals surface area contributed by atoms with E-state index in [1.165, 1.54) is 11.0 Å². The largest absolute Gasteiger partial charge is 0.337 e. The van der Waals surface area contributed by atoms with Crippen LogP contribution in [0.1, 0.15) is 5.56 Å². The molecular formula is C12H17BrFN3O. The lowest BCUT2D eigenvalue weighted by Gasteiger charge is -2.12. The molecule has 18 heavy (non-hydrogen) atoms. The van der Waals surface area contributed by atoms with Gasteiger partial charge in [0.25, 0.3) is 0 Å². The van der Waals surface area contributed by atoms with Crippen molar-refractivity contribution in [2.24, 2.45) is 0 Å². The number of amides is 2. The highest BCUT2D eigenvalue weighted by Crippen LogP contribution is 2.19. The average Bonchev–Trinajstić information content (AvgIpc) is 2.33. The van der Waals surface area contributed by atoms with Gasteiger partial charge in [-0.2, -0.15) is 0 Å². The lowest BCUT2D eigenvalue weighted by Crippen LogP contribution is -2.38. The van der Waals surface area contributed by atoms with E-state index in [2.05, 4.69) is 26.6 Å². The summed E-state index contributed by atoms with van der Waals surface area (Å²) in [5.74, 6) is -0.268. The molecule has 2 amide bonds. The summed E-state index contributed by atoms with van der Waals surface area (Å²) in [5.41, 5.74) is 0.855. The van der Waals surface area contributed by atoms with Gasteiger partial charge in [-0.15, -0.1) is 0 Å². The van der Waals surface area contributed by atoms with Crippen LogP contribution >= 0.6 is 15.9 Å². The van der Waals surface area contributed by atoms with Gasteiger partial charge in [-0.05, 0) is 27.6 Å². The standard InChI is InChI=1S/C12H17BrFN3O/c1-17(2)12(18)16-7-6-15-8-9-4-3-5-10(14)11(9)13/h3-5,15H,6-8H2,1-2H3,(H,16,18). The molecule has 4 nitrogen and oxygen atoms in total. The molecule has 6 heteroatoms. The number of benzene rings is 1. The van der Waals surface area contributed by atoms with Crippen molar-refractivity contribution in [3.8, 4) is 0 Å². The number of urea groups is 1. The van der Waals surface area contributed by atoms with Gasteiger partial charge in [0.15, 0.2) is 0 Å². The molecule has 0 fully saturated rings. The van der Waals surface area contributed by atoms with E-state index in [0.717, 1.165) is 5.56 Å². The molecule has 0 bridgehead atoms. The molecule has 0 atom stereocenters. The zero-order chi connectivity index (χ0) is 13.5. The van der Waals surface area contributed by atoms with Crippen LogP contribution in [-0.4, -0.2) is 38.1 Å². The fourth-order valence-corrected chi connectivity index (χ4v) is 1.73. The molecule has 0 aliphatic rings. The molecule has 0 spiro atoms. The summed E-state index contributed by atoms with van der Waals surface area (Å²) in [4.78, 5) is 12.7. The number of hydrogen-bond acceptors (Lipinski definition) is 2. The van der Waals surface area contributed by atoms with Gasteiger partial charge in [0, 0.05) is 33.7 Å². The zero-order valence-electron chi connectivity index (χ0n) is 10.5. The lowest BCUT2D eigenvalue weighted by molar-refractivity contribution is 0.217. The van der Waals surface area contributed by atoms with E-state index in [4.69, 9.17) is 0 Å². The van der Waals surface area contributed by atoms with Crippen molar-refractivity contribution in [2.75, 3.05) is 27.2 Å². The van der Waals surface area contributed by atoms with E-state index < -0.39 is 0 Å². The summed E-state index contributed by atoms with van der Waals surface area (Å²) in [6, 6.07) is 4.80. The second-order valence-electron chi connectivity index (χ2n) is 4.02. The Balaban J connectivity index is 2.26. The minimum atomic E-state index is -0.268. The third-order valence-electron chi connectivity index (χ3n) is 2.33. The fraction of sp³-hybridized carbons (Fsp3) is 0.417. The van der Waals surface area contributed by atoms with Gasteiger partial charge in [-0.3, -0.25) is 0 Å². The number of carbonyl (C=O) groups excluding carboxylic acids is 1. The van der Waals surface area contributed by atoms with E-state index in [-0.39, 0.29) is 11.8 Å². The number of nitrogens with zero attached hydrogens (tertiary/aromatic N) is 1. The minimum absolute atomic E-state index is 0.122. The summed E-state index contributed by atoms with van der Waals surface area (Å²) in [7, 11) is 3.37. The SMILES string of the molecule is CN(C)C(=O)NCCNCc1cccc(F)c1Br. The van der Waals surface area contributed by atoms with Gasteiger partial charge >= 0.3 is 6.03 Å². The summed E-state index contributed by atoms with van der Waals surface area (Å²) < 4.78 is 13.7. The summed E-state index contributed by atoms with van der Waals surface area (Å²) in [6.07, 6.45) is 0. The Morgan fingerprint density at radius 3 is 2.78 bits per heavy atom. The first-order chi connectivity index (χ1) is 8.52. The highest BCUT2D eigenvalue weighted by molar-refractivity contribution is 9.10. The maximum absolute atomic E-state index is 13.2. The first-order valence-corrected chi connectivity index (χ1v) is 6.40. The Morgan fingerprint density at radius 1 is 1.39 bits per heavy atom. The Morgan fingerprint density at radius 2 is 2.11 bits per heavy atom. The van der Waals surface area contributed by atoms with Crippen molar-refractivity contribution in [2.45, 2.75) is 6.54 Å². The highest BCUT2D eigenvalue weighted by atomic mass is 79.9. The molecule has 0 saturated heterocycles. The van der Waals surface area contributed by atoms with Gasteiger partial charge in [-0.25, -0.2) is 9.18 Å². The first-order valence-electron chi connectivity index (χ1n) is 5.61. The molecule has 0 aromatic heterocycles. The van der Waals surface area contributed by atoms with Crippen LogP contribution in [0.3, 0.4) is 0 Å². The molecular weight excluding hydrogens is 301 g/mol. The van der Waals surface area contributed by atoms with Crippen molar-refractivity contribution in [1.82, 2.24) is 15.5 Å². The Bertz CT molecular complexity index is 412. The van der Waals surface area contributed by atoms with Crippen LogP contribution < -0.4 is 10.6 Å². The first kappa shape index (κ1) is 14.9. The Kier molecular flexibility index (Phi) is 6.07. The van der Waals surface area contributed by atoms with Crippen LogP contribution in [0.25, 0.3) is 0 Å². The monoisotopic (exact) mass is 317 g/mol. The van der Waals surface area contributed by atoms with Gasteiger partial charge < -0.3 is 15.5 Å². The Hall–Kier alpha value is -1.14. The summed E-state index contributed by atoms with van der Waals surface area (Å²) in [5, 5.41) is 5.87. The molecule has 1 aromatic carbocycles. The molecule has 1 aromatic rings. The van der Waals surface area contributed by atoms with Crippen LogP contribution in [0, 0.1) is 5.82 Å². The molecule has 0 saturated carbocycles. The van der Waals surface area contributed by atoms with Crippen LogP contribution in [0.15, 0.2) is 22.7 Å². The number of hydrogen-bond donors (Lipinski definition) is 2. The van der Waals surface area contributed by atoms with Crippen LogP contribution in [0.5, 0.6) is 0 Å². The highest BCUT2D eigenvalue weighted by Gasteiger charge is 2.04. The van der Waals surface area contributed by atoms with Crippen LogP contribution in [0.4, 0.5) is 9.18 Å². The molecule has 0 radical (unpaired) electrons. The number of halogens is 2. The number of carbonyl (C=O) groups is 1. The maximum Gasteiger partial charge on any atom is 0.316 e. The van der Waals surface area contributed by atoms with E-state index in [0.29, 0.717) is 24.1 Å². The normalized spacial score (nSPS) is 10.2. The van der Waals surface area contributed by atoms with Gasteiger partial charge in [-0.1, -0.05) is 12.1 Å². The van der Waals surface area contributed by atoms with Gasteiger partial charge in [0.2, 0.25) is 0 Å². The molecule has 0 unspecified atom stereocenters. The number of nitrogens with one attached hydrogen (secondary N) is 2. The predicted molar refractivity (Wildman–Crippen MR) is 72.9 cm³/mol. The third kappa shape index (κ3) is 4.62. The molecule has 2 N–H and O–H groups in total. The summed E-state index contributed by atoms with van der Waals surface area (Å²) >= 11 is 3.20. The van der Waals surface area contributed by atoms with Gasteiger partial charge in [0.1, 0.15) is 5.82 Å². The smallest absolute Gasteiger partial charge is 0.316 e.